The monoisotopic (exact) mass is 292 g/mol. The van der Waals surface area contributed by atoms with Crippen molar-refractivity contribution in [2.75, 3.05) is 25.5 Å². The maximum Gasteiger partial charge on any atom is 0.144 e. The number of hydrogen-bond acceptors (Lipinski definition) is 5. The van der Waals surface area contributed by atoms with Gasteiger partial charge in [0.1, 0.15) is 17.2 Å². The van der Waals surface area contributed by atoms with Crippen LogP contribution in [0.1, 0.15) is 12.8 Å². The predicted molar refractivity (Wildman–Crippen MR) is 80.6 cm³/mol. The lowest BCUT2D eigenvalue weighted by molar-refractivity contribution is 0.414. The fraction of sp³-hybridized carbons (Fsp3) is 0.429. The molecule has 1 aliphatic rings. The summed E-state index contributed by atoms with van der Waals surface area (Å²) in [6.07, 6.45) is 3.66. The molecule has 0 aliphatic carbocycles. The SMILES string of the molecule is COc1cc2ncnc(Cl)c2cc1NC1CCNCC1. The molecule has 20 heavy (non-hydrogen) atoms. The zero-order valence-corrected chi connectivity index (χ0v) is 12.1. The summed E-state index contributed by atoms with van der Waals surface area (Å²) in [5.41, 5.74) is 1.74. The molecule has 0 bridgehead atoms. The largest absolute Gasteiger partial charge is 0.495 e. The maximum absolute atomic E-state index is 6.14. The number of fused-ring (bicyclic) bond motifs is 1. The van der Waals surface area contributed by atoms with Gasteiger partial charge in [-0.1, -0.05) is 11.6 Å². The molecular weight excluding hydrogens is 276 g/mol. The molecule has 106 valence electrons. The van der Waals surface area contributed by atoms with Gasteiger partial charge in [-0.05, 0) is 32.0 Å². The summed E-state index contributed by atoms with van der Waals surface area (Å²) in [5, 5.41) is 8.20. The van der Waals surface area contributed by atoms with E-state index in [-0.39, 0.29) is 0 Å². The second-order valence-electron chi connectivity index (χ2n) is 4.90. The van der Waals surface area contributed by atoms with Gasteiger partial charge in [0.05, 0.1) is 18.3 Å². The molecule has 1 aromatic heterocycles. The van der Waals surface area contributed by atoms with Gasteiger partial charge in [-0.3, -0.25) is 0 Å². The average molecular weight is 293 g/mol. The highest BCUT2D eigenvalue weighted by atomic mass is 35.5. The van der Waals surface area contributed by atoms with E-state index in [1.54, 1.807) is 7.11 Å². The van der Waals surface area contributed by atoms with Crippen LogP contribution in [0.3, 0.4) is 0 Å². The number of rotatable bonds is 3. The smallest absolute Gasteiger partial charge is 0.144 e. The molecule has 1 saturated heterocycles. The number of anilines is 1. The van der Waals surface area contributed by atoms with Crippen LogP contribution >= 0.6 is 11.6 Å². The Bertz CT molecular complexity index is 613. The molecule has 0 amide bonds. The van der Waals surface area contributed by atoms with Gasteiger partial charge in [0.15, 0.2) is 0 Å². The zero-order chi connectivity index (χ0) is 13.9. The molecule has 2 N–H and O–H groups in total. The Morgan fingerprint density at radius 1 is 1.30 bits per heavy atom. The third-order valence-corrected chi connectivity index (χ3v) is 3.91. The van der Waals surface area contributed by atoms with Crippen LogP contribution < -0.4 is 15.4 Å². The molecule has 2 aromatic rings. The summed E-state index contributed by atoms with van der Waals surface area (Å²) < 4.78 is 5.45. The highest BCUT2D eigenvalue weighted by Crippen LogP contribution is 2.32. The molecule has 5 nitrogen and oxygen atoms in total. The van der Waals surface area contributed by atoms with E-state index in [2.05, 4.69) is 20.6 Å². The van der Waals surface area contributed by atoms with Crippen LogP contribution in [0.2, 0.25) is 5.15 Å². The Hall–Kier alpha value is -1.59. The van der Waals surface area contributed by atoms with Crippen LogP contribution in [0, 0.1) is 0 Å². The fourth-order valence-corrected chi connectivity index (χ4v) is 2.72. The maximum atomic E-state index is 6.14. The van der Waals surface area contributed by atoms with E-state index >= 15 is 0 Å². The summed E-state index contributed by atoms with van der Waals surface area (Å²) in [7, 11) is 1.66. The molecular formula is C14H17ClN4O. The molecule has 0 atom stereocenters. The molecule has 1 aliphatic heterocycles. The van der Waals surface area contributed by atoms with Crippen molar-refractivity contribution in [3.05, 3.63) is 23.6 Å². The van der Waals surface area contributed by atoms with Crippen molar-refractivity contribution < 1.29 is 4.74 Å². The quantitative estimate of drug-likeness (QED) is 0.851. The Morgan fingerprint density at radius 3 is 2.85 bits per heavy atom. The highest BCUT2D eigenvalue weighted by Gasteiger charge is 2.16. The standard InChI is InChI=1S/C14H17ClN4O/c1-20-13-7-11-10(14(15)18-8-17-11)6-12(13)19-9-2-4-16-5-3-9/h6-9,16,19H,2-5H2,1H3. The Balaban J connectivity index is 1.97. The van der Waals surface area contributed by atoms with Crippen LogP contribution in [-0.4, -0.2) is 36.2 Å². The number of halogens is 1. The van der Waals surface area contributed by atoms with Crippen LogP contribution in [0.15, 0.2) is 18.5 Å². The molecule has 1 aromatic carbocycles. The van der Waals surface area contributed by atoms with Crippen molar-refractivity contribution in [3.8, 4) is 5.75 Å². The van der Waals surface area contributed by atoms with Crippen molar-refractivity contribution in [2.45, 2.75) is 18.9 Å². The average Bonchev–Trinajstić information content (AvgIpc) is 2.48. The number of ether oxygens (including phenoxy) is 1. The van der Waals surface area contributed by atoms with E-state index in [4.69, 9.17) is 16.3 Å². The van der Waals surface area contributed by atoms with E-state index in [9.17, 15) is 0 Å². The van der Waals surface area contributed by atoms with Crippen LogP contribution in [0.5, 0.6) is 5.75 Å². The van der Waals surface area contributed by atoms with Crippen LogP contribution in [-0.2, 0) is 0 Å². The van der Waals surface area contributed by atoms with Gasteiger partial charge in [0.2, 0.25) is 0 Å². The lowest BCUT2D eigenvalue weighted by atomic mass is 10.1. The highest BCUT2D eigenvalue weighted by molar-refractivity contribution is 6.34. The lowest BCUT2D eigenvalue weighted by Gasteiger charge is -2.25. The van der Waals surface area contributed by atoms with Crippen molar-refractivity contribution >= 4 is 28.2 Å². The minimum Gasteiger partial charge on any atom is -0.495 e. The summed E-state index contributed by atoms with van der Waals surface area (Å²) in [6.45, 7) is 2.08. The molecule has 0 radical (unpaired) electrons. The molecule has 6 heteroatoms. The van der Waals surface area contributed by atoms with E-state index in [0.717, 1.165) is 48.3 Å². The number of aromatic nitrogens is 2. The van der Waals surface area contributed by atoms with E-state index in [0.29, 0.717) is 11.2 Å². The molecule has 1 fully saturated rings. The molecule has 2 heterocycles. The number of piperidine rings is 1. The van der Waals surface area contributed by atoms with Gasteiger partial charge >= 0.3 is 0 Å². The van der Waals surface area contributed by atoms with Crippen molar-refractivity contribution in [1.29, 1.82) is 0 Å². The lowest BCUT2D eigenvalue weighted by Crippen LogP contribution is -2.35. The predicted octanol–water partition coefficient (Wildman–Crippen LogP) is 2.46. The summed E-state index contributed by atoms with van der Waals surface area (Å²) in [4.78, 5) is 8.25. The van der Waals surface area contributed by atoms with Crippen molar-refractivity contribution in [2.24, 2.45) is 0 Å². The zero-order valence-electron chi connectivity index (χ0n) is 11.3. The number of nitrogens with zero attached hydrogens (tertiary/aromatic N) is 2. The minimum absolute atomic E-state index is 0.450. The topological polar surface area (TPSA) is 59.1 Å². The molecule has 0 unspecified atom stereocenters. The second kappa shape index (κ2) is 5.81. The summed E-state index contributed by atoms with van der Waals surface area (Å²) in [5.74, 6) is 0.783. The minimum atomic E-state index is 0.450. The molecule has 0 saturated carbocycles. The Kier molecular flexibility index (Phi) is 3.89. The normalized spacial score (nSPS) is 16.3. The van der Waals surface area contributed by atoms with Gasteiger partial charge in [0, 0.05) is 17.5 Å². The number of benzene rings is 1. The second-order valence-corrected chi connectivity index (χ2v) is 5.26. The van der Waals surface area contributed by atoms with Crippen molar-refractivity contribution in [3.63, 3.8) is 0 Å². The van der Waals surface area contributed by atoms with Gasteiger partial charge in [0.25, 0.3) is 0 Å². The van der Waals surface area contributed by atoms with E-state index in [1.807, 2.05) is 12.1 Å². The fourth-order valence-electron chi connectivity index (χ4n) is 2.52. The van der Waals surface area contributed by atoms with Gasteiger partial charge in [-0.15, -0.1) is 0 Å². The first kappa shape index (κ1) is 13.4. The van der Waals surface area contributed by atoms with Gasteiger partial charge < -0.3 is 15.4 Å². The first-order valence-corrected chi connectivity index (χ1v) is 7.11. The van der Waals surface area contributed by atoms with Crippen LogP contribution in [0.4, 0.5) is 5.69 Å². The van der Waals surface area contributed by atoms with Gasteiger partial charge in [-0.25, -0.2) is 9.97 Å². The Morgan fingerprint density at radius 2 is 2.10 bits per heavy atom. The molecule has 3 rings (SSSR count). The Labute approximate surface area is 122 Å². The number of hydrogen-bond donors (Lipinski definition) is 2. The van der Waals surface area contributed by atoms with Gasteiger partial charge in [-0.2, -0.15) is 0 Å². The first-order chi connectivity index (χ1) is 9.78. The number of nitrogens with one attached hydrogen (secondary N) is 2. The van der Waals surface area contributed by atoms with E-state index in [1.165, 1.54) is 6.33 Å². The van der Waals surface area contributed by atoms with E-state index < -0.39 is 0 Å². The third-order valence-electron chi connectivity index (χ3n) is 3.61. The number of methoxy groups -OCH3 is 1. The summed E-state index contributed by atoms with van der Waals surface area (Å²) >= 11 is 6.14. The molecule has 0 spiro atoms. The van der Waals surface area contributed by atoms with Crippen LogP contribution in [0.25, 0.3) is 10.9 Å². The first-order valence-electron chi connectivity index (χ1n) is 6.73. The summed E-state index contributed by atoms with van der Waals surface area (Å²) in [6, 6.07) is 4.32. The third kappa shape index (κ3) is 2.64. The van der Waals surface area contributed by atoms with Crippen molar-refractivity contribution in [1.82, 2.24) is 15.3 Å².